The van der Waals surface area contributed by atoms with Crippen LogP contribution >= 0.6 is 0 Å². The highest BCUT2D eigenvalue weighted by Gasteiger charge is 2.18. The fraction of sp³-hybridized carbons (Fsp3) is 0.316. The summed E-state index contributed by atoms with van der Waals surface area (Å²) in [6.45, 7) is 3.77. The number of esters is 1. The van der Waals surface area contributed by atoms with E-state index in [1.807, 2.05) is 0 Å². The lowest BCUT2D eigenvalue weighted by Gasteiger charge is -2.16. The van der Waals surface area contributed by atoms with Gasteiger partial charge in [0, 0.05) is 26.1 Å². The summed E-state index contributed by atoms with van der Waals surface area (Å²) < 4.78 is 10.2. The van der Waals surface area contributed by atoms with Crippen molar-refractivity contribution in [2.24, 2.45) is 0 Å². The van der Waals surface area contributed by atoms with E-state index in [0.29, 0.717) is 29.2 Å². The predicted octanol–water partition coefficient (Wildman–Crippen LogP) is 2.28. The Morgan fingerprint density at radius 1 is 1.19 bits per heavy atom. The number of furan rings is 1. The Labute approximate surface area is 151 Å². The molecule has 7 nitrogen and oxygen atoms in total. The molecular weight excluding hydrogens is 336 g/mol. The van der Waals surface area contributed by atoms with Crippen LogP contribution in [0.4, 0.5) is 0 Å². The van der Waals surface area contributed by atoms with Crippen LogP contribution < -0.4 is 5.32 Å². The van der Waals surface area contributed by atoms with Gasteiger partial charge in [-0.3, -0.25) is 9.59 Å². The third kappa shape index (κ3) is 4.72. The van der Waals surface area contributed by atoms with Gasteiger partial charge in [-0.05, 0) is 30.7 Å². The molecule has 0 aliphatic carbocycles. The van der Waals surface area contributed by atoms with Crippen LogP contribution in [0, 0.1) is 6.92 Å². The minimum absolute atomic E-state index is 0.107. The highest BCUT2D eigenvalue weighted by atomic mass is 16.5. The molecule has 2 rings (SSSR count). The van der Waals surface area contributed by atoms with E-state index in [1.54, 1.807) is 44.3 Å². The van der Waals surface area contributed by atoms with E-state index >= 15 is 0 Å². The Bertz CT molecular complexity index is 808. The molecule has 0 atom stereocenters. The fourth-order valence-corrected chi connectivity index (χ4v) is 2.45. The van der Waals surface area contributed by atoms with Crippen LogP contribution in [0.2, 0.25) is 0 Å². The fourth-order valence-electron chi connectivity index (χ4n) is 2.45. The highest BCUT2D eigenvalue weighted by Crippen LogP contribution is 2.18. The highest BCUT2D eigenvalue weighted by molar-refractivity contribution is 5.94. The second-order valence-corrected chi connectivity index (χ2v) is 5.94. The maximum Gasteiger partial charge on any atom is 0.341 e. The third-order valence-electron chi connectivity index (χ3n) is 3.86. The lowest BCUT2D eigenvalue weighted by Crippen LogP contribution is -2.26. The smallest absolute Gasteiger partial charge is 0.341 e. The molecule has 0 radical (unpaired) electrons. The van der Waals surface area contributed by atoms with Gasteiger partial charge in [0.2, 0.25) is 5.91 Å². The van der Waals surface area contributed by atoms with Gasteiger partial charge in [-0.2, -0.15) is 0 Å². The number of ether oxygens (including phenoxy) is 1. The lowest BCUT2D eigenvalue weighted by molar-refractivity contribution is -0.119. The molecule has 1 N–H and O–H groups in total. The number of aryl methyl sites for hydroxylation is 1. The van der Waals surface area contributed by atoms with E-state index in [1.165, 1.54) is 18.9 Å². The maximum absolute atomic E-state index is 12.5. The molecule has 2 amide bonds. The summed E-state index contributed by atoms with van der Waals surface area (Å²) in [6.07, 6.45) is 0. The normalized spacial score (nSPS) is 10.3. The van der Waals surface area contributed by atoms with Gasteiger partial charge in [0.15, 0.2) is 0 Å². The van der Waals surface area contributed by atoms with Gasteiger partial charge >= 0.3 is 5.97 Å². The summed E-state index contributed by atoms with van der Waals surface area (Å²) in [5.41, 5.74) is 1.78. The van der Waals surface area contributed by atoms with Crippen LogP contribution in [-0.2, 0) is 22.6 Å². The standard InChI is InChI=1S/C19H22N2O5/c1-12-17(19(24)25-4)9-16(26-12)11-21(3)18(23)15-7-5-14(6-8-15)10-20-13(2)22/h5-9H,10-11H2,1-4H3,(H,20,22). The van der Waals surface area contributed by atoms with Gasteiger partial charge in [-0.15, -0.1) is 0 Å². The zero-order chi connectivity index (χ0) is 19.3. The summed E-state index contributed by atoms with van der Waals surface area (Å²) >= 11 is 0. The van der Waals surface area contributed by atoms with E-state index < -0.39 is 5.97 Å². The van der Waals surface area contributed by atoms with Gasteiger partial charge in [-0.25, -0.2) is 4.79 Å². The quantitative estimate of drug-likeness (QED) is 0.800. The van der Waals surface area contributed by atoms with Gasteiger partial charge in [-0.1, -0.05) is 12.1 Å². The number of hydrogen-bond acceptors (Lipinski definition) is 5. The van der Waals surface area contributed by atoms with Gasteiger partial charge < -0.3 is 19.4 Å². The molecular formula is C19H22N2O5. The number of carbonyl (C=O) groups is 3. The average Bonchev–Trinajstić information content (AvgIpc) is 2.99. The summed E-state index contributed by atoms with van der Waals surface area (Å²) in [7, 11) is 2.96. The molecule has 0 saturated carbocycles. The topological polar surface area (TPSA) is 88.9 Å². The Hall–Kier alpha value is -3.09. The van der Waals surface area contributed by atoms with Crippen molar-refractivity contribution in [3.8, 4) is 0 Å². The van der Waals surface area contributed by atoms with Gasteiger partial charge in [0.25, 0.3) is 5.91 Å². The molecule has 2 aromatic rings. The number of nitrogens with zero attached hydrogens (tertiary/aromatic N) is 1. The largest absolute Gasteiger partial charge is 0.465 e. The Balaban J connectivity index is 2.03. The molecule has 138 valence electrons. The van der Waals surface area contributed by atoms with Crippen molar-refractivity contribution in [1.29, 1.82) is 0 Å². The SMILES string of the molecule is COC(=O)c1cc(CN(C)C(=O)c2ccc(CNC(C)=O)cc2)oc1C. The number of amides is 2. The van der Waals surface area contributed by atoms with E-state index in [9.17, 15) is 14.4 Å². The predicted molar refractivity (Wildman–Crippen MR) is 94.5 cm³/mol. The Kier molecular flexibility index (Phi) is 6.16. The van der Waals surface area contributed by atoms with E-state index in [-0.39, 0.29) is 18.4 Å². The van der Waals surface area contributed by atoms with Crippen LogP contribution in [0.1, 0.15) is 44.7 Å². The average molecular weight is 358 g/mol. The molecule has 1 aromatic carbocycles. The molecule has 0 aliphatic rings. The lowest BCUT2D eigenvalue weighted by atomic mass is 10.1. The first kappa shape index (κ1) is 19.2. The molecule has 0 aliphatic heterocycles. The minimum atomic E-state index is -0.471. The molecule has 1 heterocycles. The molecule has 0 fully saturated rings. The summed E-state index contributed by atoms with van der Waals surface area (Å²) in [6, 6.07) is 8.60. The molecule has 0 spiro atoms. The van der Waals surface area contributed by atoms with Crippen molar-refractivity contribution >= 4 is 17.8 Å². The number of carbonyl (C=O) groups excluding carboxylic acids is 3. The summed E-state index contributed by atoms with van der Waals surface area (Å²) in [5, 5.41) is 2.70. The van der Waals surface area contributed by atoms with Crippen LogP contribution in [-0.4, -0.2) is 36.8 Å². The van der Waals surface area contributed by atoms with Crippen molar-refractivity contribution in [3.05, 3.63) is 58.5 Å². The zero-order valence-electron chi connectivity index (χ0n) is 15.3. The van der Waals surface area contributed by atoms with Crippen molar-refractivity contribution in [2.45, 2.75) is 26.9 Å². The van der Waals surface area contributed by atoms with Crippen molar-refractivity contribution in [2.75, 3.05) is 14.2 Å². The molecule has 0 bridgehead atoms. The van der Waals surface area contributed by atoms with Crippen LogP contribution in [0.25, 0.3) is 0 Å². The molecule has 0 saturated heterocycles. The van der Waals surface area contributed by atoms with Gasteiger partial charge in [0.05, 0.1) is 13.7 Å². The molecule has 1 aromatic heterocycles. The van der Waals surface area contributed by atoms with Crippen LogP contribution in [0.5, 0.6) is 0 Å². The number of hydrogen-bond donors (Lipinski definition) is 1. The second-order valence-electron chi connectivity index (χ2n) is 5.94. The first-order chi connectivity index (χ1) is 12.3. The van der Waals surface area contributed by atoms with E-state index in [2.05, 4.69) is 5.32 Å². The van der Waals surface area contributed by atoms with Crippen molar-refractivity contribution in [1.82, 2.24) is 10.2 Å². The molecule has 7 heteroatoms. The monoisotopic (exact) mass is 358 g/mol. The van der Waals surface area contributed by atoms with E-state index in [4.69, 9.17) is 9.15 Å². The number of methoxy groups -OCH3 is 1. The van der Waals surface area contributed by atoms with Crippen molar-refractivity contribution < 1.29 is 23.5 Å². The number of benzene rings is 1. The Morgan fingerprint density at radius 2 is 1.85 bits per heavy atom. The zero-order valence-corrected chi connectivity index (χ0v) is 15.3. The first-order valence-corrected chi connectivity index (χ1v) is 8.08. The summed E-state index contributed by atoms with van der Waals surface area (Å²) in [5.74, 6) is 0.201. The second kappa shape index (κ2) is 8.33. The molecule has 0 unspecified atom stereocenters. The number of rotatable bonds is 6. The van der Waals surface area contributed by atoms with Crippen molar-refractivity contribution in [3.63, 3.8) is 0 Å². The number of nitrogens with one attached hydrogen (secondary N) is 1. The first-order valence-electron chi connectivity index (χ1n) is 8.08. The summed E-state index contributed by atoms with van der Waals surface area (Å²) in [4.78, 5) is 36.6. The van der Waals surface area contributed by atoms with Crippen LogP contribution in [0.3, 0.4) is 0 Å². The maximum atomic E-state index is 12.5. The minimum Gasteiger partial charge on any atom is -0.465 e. The third-order valence-corrected chi connectivity index (χ3v) is 3.86. The Morgan fingerprint density at radius 3 is 2.42 bits per heavy atom. The van der Waals surface area contributed by atoms with E-state index in [0.717, 1.165) is 5.56 Å². The van der Waals surface area contributed by atoms with Gasteiger partial charge in [0.1, 0.15) is 17.1 Å². The van der Waals surface area contributed by atoms with Crippen LogP contribution in [0.15, 0.2) is 34.7 Å². The molecule has 26 heavy (non-hydrogen) atoms.